The maximum atomic E-state index is 12.7. The van der Waals surface area contributed by atoms with E-state index in [4.69, 9.17) is 4.74 Å². The summed E-state index contributed by atoms with van der Waals surface area (Å²) in [5.74, 6) is 0.297. The lowest BCUT2D eigenvalue weighted by molar-refractivity contribution is 0.0949. The van der Waals surface area contributed by atoms with E-state index in [2.05, 4.69) is 46.7 Å². The number of benzene rings is 2. The second-order valence-electron chi connectivity index (χ2n) is 7.55. The predicted octanol–water partition coefficient (Wildman–Crippen LogP) is 4.42. The summed E-state index contributed by atoms with van der Waals surface area (Å²) in [6.07, 6.45) is 0.824. The average Bonchev–Trinajstić information content (AvgIpc) is 2.60. The van der Waals surface area contributed by atoms with Crippen LogP contribution in [0, 0.1) is 5.41 Å². The van der Waals surface area contributed by atoms with Crippen molar-refractivity contribution >= 4 is 37.5 Å². The fourth-order valence-electron chi connectivity index (χ4n) is 2.40. The van der Waals surface area contributed by atoms with Gasteiger partial charge in [0.05, 0.1) is 22.2 Å². The van der Waals surface area contributed by atoms with Crippen molar-refractivity contribution in [3.63, 3.8) is 0 Å². The summed E-state index contributed by atoms with van der Waals surface area (Å²) in [6, 6.07) is 10.8. The zero-order valence-electron chi connectivity index (χ0n) is 16.4. The number of hydrogen-bond donors (Lipinski definition) is 2. The Kier molecular flexibility index (Phi) is 7.11. The van der Waals surface area contributed by atoms with Crippen LogP contribution >= 0.6 is 15.9 Å². The summed E-state index contributed by atoms with van der Waals surface area (Å²) in [6.45, 7) is 6.80. The van der Waals surface area contributed by atoms with E-state index >= 15 is 0 Å². The van der Waals surface area contributed by atoms with Crippen molar-refractivity contribution in [3.8, 4) is 5.75 Å². The summed E-state index contributed by atoms with van der Waals surface area (Å²) in [5.41, 5.74) is 0.787. The van der Waals surface area contributed by atoms with Crippen molar-refractivity contribution < 1.29 is 17.9 Å². The van der Waals surface area contributed by atoms with Crippen molar-refractivity contribution in [1.29, 1.82) is 0 Å². The first-order valence-electron chi connectivity index (χ1n) is 8.76. The third-order valence-electron chi connectivity index (χ3n) is 3.97. The first-order chi connectivity index (χ1) is 13.0. The van der Waals surface area contributed by atoms with Crippen LogP contribution in [0.2, 0.25) is 0 Å². The van der Waals surface area contributed by atoms with Crippen molar-refractivity contribution in [1.82, 2.24) is 5.32 Å². The van der Waals surface area contributed by atoms with Gasteiger partial charge in [-0.2, -0.15) is 0 Å². The molecule has 0 atom stereocenters. The molecule has 0 fully saturated rings. The zero-order valence-corrected chi connectivity index (χ0v) is 18.8. The van der Waals surface area contributed by atoms with E-state index in [9.17, 15) is 13.2 Å². The quantitative estimate of drug-likeness (QED) is 0.629. The van der Waals surface area contributed by atoms with Crippen LogP contribution in [-0.4, -0.2) is 28.0 Å². The molecule has 2 aromatic carbocycles. The van der Waals surface area contributed by atoms with Gasteiger partial charge in [-0.15, -0.1) is 0 Å². The normalized spacial score (nSPS) is 11.8. The van der Waals surface area contributed by atoms with Crippen LogP contribution in [0.3, 0.4) is 0 Å². The zero-order chi connectivity index (χ0) is 20.9. The van der Waals surface area contributed by atoms with E-state index in [1.165, 1.54) is 19.2 Å². The molecule has 2 aromatic rings. The molecule has 28 heavy (non-hydrogen) atoms. The van der Waals surface area contributed by atoms with Crippen molar-refractivity contribution in [2.45, 2.75) is 32.1 Å². The van der Waals surface area contributed by atoms with Crippen molar-refractivity contribution in [2.24, 2.45) is 5.41 Å². The molecule has 6 nitrogen and oxygen atoms in total. The molecule has 0 aliphatic carbocycles. The molecule has 2 rings (SSSR count). The smallest absolute Gasteiger partial charge is 0.261 e. The molecule has 0 saturated heterocycles. The van der Waals surface area contributed by atoms with Crippen LogP contribution < -0.4 is 14.8 Å². The Morgan fingerprint density at radius 2 is 1.86 bits per heavy atom. The Balaban J connectivity index is 2.15. The maximum absolute atomic E-state index is 12.7. The molecule has 0 radical (unpaired) electrons. The molecule has 2 N–H and O–H groups in total. The average molecular weight is 469 g/mol. The predicted molar refractivity (Wildman–Crippen MR) is 114 cm³/mol. The number of sulfonamides is 1. The van der Waals surface area contributed by atoms with E-state index in [1.807, 2.05) is 0 Å². The van der Waals surface area contributed by atoms with E-state index in [0.717, 1.165) is 6.42 Å². The number of amides is 1. The highest BCUT2D eigenvalue weighted by atomic mass is 79.9. The first-order valence-corrected chi connectivity index (χ1v) is 11.0. The molecule has 0 aliphatic heterocycles. The van der Waals surface area contributed by atoms with Crippen LogP contribution in [0.25, 0.3) is 0 Å². The second kappa shape index (κ2) is 8.96. The number of hydrogen-bond acceptors (Lipinski definition) is 4. The van der Waals surface area contributed by atoms with Gasteiger partial charge in [-0.3, -0.25) is 9.52 Å². The highest BCUT2D eigenvalue weighted by Gasteiger charge is 2.18. The first kappa shape index (κ1) is 22.2. The molecule has 8 heteroatoms. The number of ether oxygens (including phenoxy) is 1. The number of nitrogens with one attached hydrogen (secondary N) is 2. The van der Waals surface area contributed by atoms with E-state index in [0.29, 0.717) is 28.0 Å². The minimum Gasteiger partial charge on any atom is -0.496 e. The molecule has 0 bridgehead atoms. The largest absolute Gasteiger partial charge is 0.496 e. The lowest BCUT2D eigenvalue weighted by atomic mass is 9.92. The van der Waals surface area contributed by atoms with Crippen molar-refractivity contribution in [3.05, 3.63) is 52.5 Å². The van der Waals surface area contributed by atoms with Gasteiger partial charge in [0.1, 0.15) is 5.75 Å². The van der Waals surface area contributed by atoms with E-state index < -0.39 is 10.0 Å². The van der Waals surface area contributed by atoms with E-state index in [1.54, 1.807) is 30.3 Å². The monoisotopic (exact) mass is 468 g/mol. The Hall–Kier alpha value is -2.06. The fourth-order valence-corrected chi connectivity index (χ4v) is 4.04. The number of carbonyl (C=O) groups excluding carboxylic acids is 1. The summed E-state index contributed by atoms with van der Waals surface area (Å²) in [4.78, 5) is 12.4. The third-order valence-corrected chi connectivity index (χ3v) is 5.97. The van der Waals surface area contributed by atoms with Crippen molar-refractivity contribution in [2.75, 3.05) is 18.4 Å². The molecule has 152 valence electrons. The van der Waals surface area contributed by atoms with Gasteiger partial charge in [0.25, 0.3) is 15.9 Å². The number of anilines is 1. The topological polar surface area (TPSA) is 84.5 Å². The summed E-state index contributed by atoms with van der Waals surface area (Å²) in [5, 5.41) is 2.83. The summed E-state index contributed by atoms with van der Waals surface area (Å²) < 4.78 is 33.7. The van der Waals surface area contributed by atoms with Gasteiger partial charge in [-0.05, 0) is 64.2 Å². The SMILES string of the molecule is COc1ccc(NS(=O)(=O)c2cccc(C(=O)NCCC(C)(C)C)c2)cc1Br. The van der Waals surface area contributed by atoms with Gasteiger partial charge in [0.15, 0.2) is 0 Å². The van der Waals surface area contributed by atoms with Gasteiger partial charge in [0, 0.05) is 12.1 Å². The van der Waals surface area contributed by atoms with Gasteiger partial charge in [-0.1, -0.05) is 26.8 Å². The van der Waals surface area contributed by atoms with Crippen LogP contribution in [0.1, 0.15) is 37.6 Å². The Labute approximate surface area is 174 Å². The Morgan fingerprint density at radius 1 is 1.14 bits per heavy atom. The van der Waals surface area contributed by atoms with Gasteiger partial charge >= 0.3 is 0 Å². The van der Waals surface area contributed by atoms with Crippen LogP contribution in [0.15, 0.2) is 51.8 Å². The third kappa shape index (κ3) is 6.24. The molecule has 0 heterocycles. The number of methoxy groups -OCH3 is 1. The lowest BCUT2D eigenvalue weighted by Crippen LogP contribution is -2.27. The Bertz CT molecular complexity index is 953. The van der Waals surface area contributed by atoms with Crippen LogP contribution in [0.4, 0.5) is 5.69 Å². The number of halogens is 1. The van der Waals surface area contributed by atoms with Crippen LogP contribution in [-0.2, 0) is 10.0 Å². The minimum absolute atomic E-state index is 0.0166. The maximum Gasteiger partial charge on any atom is 0.261 e. The van der Waals surface area contributed by atoms with Gasteiger partial charge < -0.3 is 10.1 Å². The minimum atomic E-state index is -3.84. The lowest BCUT2D eigenvalue weighted by Gasteiger charge is -2.18. The van der Waals surface area contributed by atoms with E-state index in [-0.39, 0.29) is 16.2 Å². The molecule has 0 aromatic heterocycles. The summed E-state index contributed by atoms with van der Waals surface area (Å²) >= 11 is 3.33. The van der Waals surface area contributed by atoms with Gasteiger partial charge in [0.2, 0.25) is 0 Å². The number of rotatable bonds is 7. The molecule has 0 unspecified atom stereocenters. The molecule has 0 saturated carbocycles. The molecule has 0 spiro atoms. The fraction of sp³-hybridized carbons (Fsp3) is 0.350. The van der Waals surface area contributed by atoms with Gasteiger partial charge in [-0.25, -0.2) is 8.42 Å². The van der Waals surface area contributed by atoms with Crippen LogP contribution in [0.5, 0.6) is 5.75 Å². The second-order valence-corrected chi connectivity index (χ2v) is 10.1. The molecular weight excluding hydrogens is 444 g/mol. The summed E-state index contributed by atoms with van der Waals surface area (Å²) in [7, 11) is -2.31. The molecule has 0 aliphatic rings. The highest BCUT2D eigenvalue weighted by Crippen LogP contribution is 2.29. The molecular formula is C20H25BrN2O4S. The highest BCUT2D eigenvalue weighted by molar-refractivity contribution is 9.10. The number of carbonyl (C=O) groups is 1. The standard InChI is InChI=1S/C20H25BrN2O4S/c1-20(2,3)10-11-22-19(24)14-6-5-7-16(12-14)28(25,26)23-15-8-9-18(27-4)17(21)13-15/h5-9,12-13,23H,10-11H2,1-4H3,(H,22,24). The Morgan fingerprint density at radius 3 is 2.46 bits per heavy atom. The molecule has 1 amide bonds.